The summed E-state index contributed by atoms with van der Waals surface area (Å²) in [6.07, 6.45) is 0.103. The Morgan fingerprint density at radius 3 is 2.39 bits per heavy atom. The van der Waals surface area contributed by atoms with Crippen LogP contribution < -0.4 is 20.1 Å². The average molecular weight is 316 g/mol. The van der Waals surface area contributed by atoms with Crippen molar-refractivity contribution in [3.05, 3.63) is 35.9 Å². The van der Waals surface area contributed by atoms with Gasteiger partial charge in [-0.3, -0.25) is 0 Å². The number of hydrogen-bond donors (Lipinski definition) is 2. The number of anilines is 2. The van der Waals surface area contributed by atoms with Gasteiger partial charge in [0.15, 0.2) is 0 Å². The number of nitrogens with zero attached hydrogens (tertiary/aromatic N) is 2. The van der Waals surface area contributed by atoms with Crippen LogP contribution in [-0.2, 0) is 4.74 Å². The molecule has 1 fully saturated rings. The zero-order chi connectivity index (χ0) is 16.1. The second-order valence-corrected chi connectivity index (χ2v) is 5.09. The van der Waals surface area contributed by atoms with Crippen LogP contribution in [0.1, 0.15) is 11.7 Å². The number of hydrogen-bond acceptors (Lipinski definition) is 7. The minimum Gasteiger partial charge on any atom is -0.481 e. The van der Waals surface area contributed by atoms with Crippen LogP contribution in [-0.4, -0.2) is 43.9 Å². The number of rotatable bonds is 5. The molecule has 3 rings (SSSR count). The molecule has 0 radical (unpaired) electrons. The molecule has 0 saturated carbocycles. The maximum Gasteiger partial charge on any atom is 0.233 e. The fraction of sp³-hybridized carbons (Fsp3) is 0.375. The Morgan fingerprint density at radius 2 is 1.83 bits per heavy atom. The van der Waals surface area contributed by atoms with Crippen LogP contribution in [0.4, 0.5) is 11.6 Å². The lowest BCUT2D eigenvalue weighted by Crippen LogP contribution is -2.33. The number of aromatic nitrogens is 2. The standard InChI is InChI=1S/C16H20N4O3/c1-21-14-9-15(22-2)20-16(19-14)18-12-5-3-11(4-6-12)13-10-17-7-8-23-13/h3-6,9,13,17H,7-8,10H2,1-2H3,(H,18,19,20). The number of morpholine rings is 1. The first-order valence-electron chi connectivity index (χ1n) is 7.45. The Kier molecular flexibility index (Phi) is 4.89. The predicted octanol–water partition coefficient (Wildman–Crippen LogP) is 1.90. The molecule has 1 aliphatic heterocycles. The largest absolute Gasteiger partial charge is 0.481 e. The molecule has 1 aromatic heterocycles. The highest BCUT2D eigenvalue weighted by molar-refractivity contribution is 5.54. The van der Waals surface area contributed by atoms with Crippen molar-refractivity contribution in [3.8, 4) is 11.8 Å². The lowest BCUT2D eigenvalue weighted by Gasteiger charge is -2.24. The molecule has 1 aliphatic rings. The van der Waals surface area contributed by atoms with Crippen molar-refractivity contribution in [1.82, 2.24) is 15.3 Å². The van der Waals surface area contributed by atoms with E-state index in [0.29, 0.717) is 17.7 Å². The molecule has 2 aromatic rings. The van der Waals surface area contributed by atoms with Crippen LogP contribution in [0.25, 0.3) is 0 Å². The fourth-order valence-corrected chi connectivity index (χ4v) is 2.36. The molecule has 0 spiro atoms. The van der Waals surface area contributed by atoms with Gasteiger partial charge in [0.25, 0.3) is 0 Å². The van der Waals surface area contributed by atoms with Gasteiger partial charge in [0.05, 0.1) is 33.0 Å². The molecule has 2 heterocycles. The summed E-state index contributed by atoms with van der Waals surface area (Å²) in [5.74, 6) is 1.31. The van der Waals surface area contributed by atoms with Crippen LogP contribution in [0.15, 0.2) is 30.3 Å². The van der Waals surface area contributed by atoms with Crippen molar-refractivity contribution in [2.24, 2.45) is 0 Å². The quantitative estimate of drug-likeness (QED) is 0.872. The number of nitrogens with one attached hydrogen (secondary N) is 2. The zero-order valence-corrected chi connectivity index (χ0v) is 13.2. The SMILES string of the molecule is COc1cc(OC)nc(Nc2ccc(C3CNCCO3)cc2)n1. The third-order valence-electron chi connectivity index (χ3n) is 3.56. The van der Waals surface area contributed by atoms with Crippen molar-refractivity contribution in [3.63, 3.8) is 0 Å². The average Bonchev–Trinajstić information content (AvgIpc) is 2.62. The molecule has 23 heavy (non-hydrogen) atoms. The monoisotopic (exact) mass is 316 g/mol. The van der Waals surface area contributed by atoms with Crippen molar-refractivity contribution >= 4 is 11.6 Å². The van der Waals surface area contributed by atoms with E-state index < -0.39 is 0 Å². The summed E-state index contributed by atoms with van der Waals surface area (Å²) in [5, 5.41) is 6.47. The van der Waals surface area contributed by atoms with Crippen LogP contribution in [0.5, 0.6) is 11.8 Å². The lowest BCUT2D eigenvalue weighted by atomic mass is 10.1. The highest BCUT2D eigenvalue weighted by atomic mass is 16.5. The molecule has 1 atom stereocenters. The summed E-state index contributed by atoms with van der Waals surface area (Å²) in [4.78, 5) is 8.50. The topological polar surface area (TPSA) is 77.5 Å². The molecule has 1 saturated heterocycles. The van der Waals surface area contributed by atoms with Gasteiger partial charge >= 0.3 is 0 Å². The predicted molar refractivity (Wildman–Crippen MR) is 86.4 cm³/mol. The van der Waals surface area contributed by atoms with Crippen molar-refractivity contribution < 1.29 is 14.2 Å². The highest BCUT2D eigenvalue weighted by Gasteiger charge is 2.15. The second-order valence-electron chi connectivity index (χ2n) is 5.09. The first kappa shape index (κ1) is 15.5. The van der Waals surface area contributed by atoms with Crippen molar-refractivity contribution in [2.75, 3.05) is 39.2 Å². The molecule has 0 bridgehead atoms. The summed E-state index contributed by atoms with van der Waals surface area (Å²) >= 11 is 0. The Hall–Kier alpha value is -2.38. The Morgan fingerprint density at radius 1 is 1.13 bits per heavy atom. The summed E-state index contributed by atoms with van der Waals surface area (Å²) in [6.45, 7) is 2.48. The van der Waals surface area contributed by atoms with E-state index in [1.54, 1.807) is 20.3 Å². The molecule has 122 valence electrons. The fourth-order valence-electron chi connectivity index (χ4n) is 2.36. The van der Waals surface area contributed by atoms with Gasteiger partial charge in [-0.1, -0.05) is 12.1 Å². The van der Waals surface area contributed by atoms with Gasteiger partial charge in [-0.15, -0.1) is 0 Å². The van der Waals surface area contributed by atoms with E-state index in [0.717, 1.165) is 30.9 Å². The Labute approximate surface area is 135 Å². The van der Waals surface area contributed by atoms with Gasteiger partial charge in [0, 0.05) is 18.8 Å². The maximum atomic E-state index is 5.74. The molecular formula is C16H20N4O3. The Bertz CT molecular complexity index is 620. The van der Waals surface area contributed by atoms with Crippen LogP contribution in [0.2, 0.25) is 0 Å². The first-order chi connectivity index (χ1) is 11.3. The molecule has 7 heteroatoms. The van der Waals surface area contributed by atoms with Crippen molar-refractivity contribution in [1.29, 1.82) is 0 Å². The third-order valence-corrected chi connectivity index (χ3v) is 3.56. The van der Waals surface area contributed by atoms with E-state index >= 15 is 0 Å². The molecular weight excluding hydrogens is 296 g/mol. The van der Waals surface area contributed by atoms with Crippen molar-refractivity contribution in [2.45, 2.75) is 6.10 Å². The van der Waals surface area contributed by atoms with Gasteiger partial charge in [-0.2, -0.15) is 9.97 Å². The third kappa shape index (κ3) is 3.88. The zero-order valence-electron chi connectivity index (χ0n) is 13.2. The smallest absolute Gasteiger partial charge is 0.233 e. The lowest BCUT2D eigenvalue weighted by molar-refractivity contribution is 0.0277. The van der Waals surface area contributed by atoms with E-state index in [1.807, 2.05) is 24.3 Å². The number of ether oxygens (including phenoxy) is 3. The minimum absolute atomic E-state index is 0.103. The first-order valence-corrected chi connectivity index (χ1v) is 7.45. The summed E-state index contributed by atoms with van der Waals surface area (Å²) in [5.41, 5.74) is 2.03. The molecule has 2 N–H and O–H groups in total. The van der Waals surface area contributed by atoms with E-state index in [-0.39, 0.29) is 6.10 Å². The molecule has 1 aromatic carbocycles. The van der Waals surface area contributed by atoms with Crippen LogP contribution in [0, 0.1) is 0 Å². The molecule has 0 amide bonds. The van der Waals surface area contributed by atoms with Gasteiger partial charge in [0.2, 0.25) is 17.7 Å². The van der Waals surface area contributed by atoms with E-state index in [4.69, 9.17) is 14.2 Å². The maximum absolute atomic E-state index is 5.74. The molecule has 0 aliphatic carbocycles. The molecule has 7 nitrogen and oxygen atoms in total. The van der Waals surface area contributed by atoms with Crippen LogP contribution >= 0.6 is 0 Å². The second kappa shape index (κ2) is 7.26. The van der Waals surface area contributed by atoms with Crippen LogP contribution in [0.3, 0.4) is 0 Å². The van der Waals surface area contributed by atoms with E-state index in [1.165, 1.54) is 0 Å². The van der Waals surface area contributed by atoms with Gasteiger partial charge in [-0.25, -0.2) is 0 Å². The van der Waals surface area contributed by atoms with E-state index in [9.17, 15) is 0 Å². The number of benzene rings is 1. The Balaban J connectivity index is 1.72. The minimum atomic E-state index is 0.103. The molecule has 1 unspecified atom stereocenters. The van der Waals surface area contributed by atoms with Gasteiger partial charge in [-0.05, 0) is 17.7 Å². The summed E-state index contributed by atoms with van der Waals surface area (Å²) < 4.78 is 16.0. The van der Waals surface area contributed by atoms with E-state index in [2.05, 4.69) is 20.6 Å². The highest BCUT2D eigenvalue weighted by Crippen LogP contribution is 2.23. The normalized spacial score (nSPS) is 17.6. The van der Waals surface area contributed by atoms with Gasteiger partial charge < -0.3 is 24.8 Å². The summed E-state index contributed by atoms with van der Waals surface area (Å²) in [7, 11) is 3.11. The number of methoxy groups -OCH3 is 2. The summed E-state index contributed by atoms with van der Waals surface area (Å²) in [6, 6.07) is 9.65. The van der Waals surface area contributed by atoms with Gasteiger partial charge in [0.1, 0.15) is 0 Å².